The number of ether oxygens (including phenoxy) is 2. The van der Waals surface area contributed by atoms with Crippen LogP contribution in [0.25, 0.3) is 0 Å². The molecule has 1 aromatic rings. The van der Waals surface area contributed by atoms with Crippen molar-refractivity contribution in [2.75, 3.05) is 63.9 Å². The summed E-state index contributed by atoms with van der Waals surface area (Å²) in [5.74, 6) is 1.96. The van der Waals surface area contributed by atoms with Crippen LogP contribution in [0.1, 0.15) is 46.0 Å². The van der Waals surface area contributed by atoms with Crippen molar-refractivity contribution in [2.45, 2.75) is 52.1 Å². The first-order valence-corrected chi connectivity index (χ1v) is 14.3. The number of hydrogen-bond acceptors (Lipinski definition) is 7. The maximum atomic E-state index is 12.9. The molecule has 196 valence electrons. The summed E-state index contributed by atoms with van der Waals surface area (Å²) >= 11 is 0. The van der Waals surface area contributed by atoms with Crippen molar-refractivity contribution in [3.8, 4) is 5.75 Å². The fourth-order valence-electron chi connectivity index (χ4n) is 4.82. The molecule has 11 heteroatoms. The topological polar surface area (TPSA) is 95.5 Å². The molecule has 4 rings (SSSR count). The third-order valence-corrected chi connectivity index (χ3v) is 8.98. The molecule has 3 aliphatic rings. The standard InChI is InChI=1S/C24H39N5O5S/c1-20(2)34-24(30)27-12-8-21(9-13-27)19-33-22-6-7-23(25-18-22)26-14-16-29(17-15-26)35(31,32)28-10-4-3-5-11-28/h6-7,18,20-21H,3-5,8-17,19H2,1-2H3. The first-order chi connectivity index (χ1) is 16.8. The van der Waals surface area contributed by atoms with E-state index in [4.69, 9.17) is 9.47 Å². The predicted molar refractivity (Wildman–Crippen MR) is 134 cm³/mol. The van der Waals surface area contributed by atoms with Gasteiger partial charge in [-0.2, -0.15) is 17.0 Å². The smallest absolute Gasteiger partial charge is 0.410 e. The summed E-state index contributed by atoms with van der Waals surface area (Å²) < 4.78 is 40.3. The van der Waals surface area contributed by atoms with E-state index >= 15 is 0 Å². The van der Waals surface area contributed by atoms with Crippen molar-refractivity contribution >= 4 is 22.1 Å². The Balaban J connectivity index is 1.20. The van der Waals surface area contributed by atoms with Gasteiger partial charge in [-0.1, -0.05) is 6.42 Å². The number of nitrogens with zero attached hydrogens (tertiary/aromatic N) is 5. The summed E-state index contributed by atoms with van der Waals surface area (Å²) in [5, 5.41) is 0. The number of carbonyl (C=O) groups excluding carboxylic acids is 1. The number of carbonyl (C=O) groups is 1. The van der Waals surface area contributed by atoms with Crippen LogP contribution in [0.15, 0.2) is 18.3 Å². The highest BCUT2D eigenvalue weighted by Crippen LogP contribution is 2.23. The first kappa shape index (κ1) is 26.0. The predicted octanol–water partition coefficient (Wildman–Crippen LogP) is 2.57. The van der Waals surface area contributed by atoms with Crippen LogP contribution in [-0.2, 0) is 14.9 Å². The third-order valence-electron chi connectivity index (χ3n) is 6.95. The minimum Gasteiger partial charge on any atom is -0.492 e. The van der Waals surface area contributed by atoms with Gasteiger partial charge in [-0.3, -0.25) is 0 Å². The van der Waals surface area contributed by atoms with Gasteiger partial charge in [0.1, 0.15) is 11.6 Å². The van der Waals surface area contributed by atoms with Crippen molar-refractivity contribution in [1.29, 1.82) is 0 Å². The number of piperidine rings is 2. The summed E-state index contributed by atoms with van der Waals surface area (Å²) in [6.07, 6.45) is 6.19. The molecule has 0 unspecified atom stereocenters. The lowest BCUT2D eigenvalue weighted by Gasteiger charge is -2.38. The average Bonchev–Trinajstić information content (AvgIpc) is 2.88. The van der Waals surface area contributed by atoms with Crippen LogP contribution in [0.2, 0.25) is 0 Å². The van der Waals surface area contributed by atoms with Crippen LogP contribution in [0, 0.1) is 5.92 Å². The Labute approximate surface area is 209 Å². The first-order valence-electron chi connectivity index (χ1n) is 12.9. The van der Waals surface area contributed by atoms with Crippen LogP contribution < -0.4 is 9.64 Å². The van der Waals surface area contributed by atoms with Gasteiger partial charge in [-0.15, -0.1) is 0 Å². The molecule has 0 aromatic carbocycles. The lowest BCUT2D eigenvalue weighted by molar-refractivity contribution is 0.0608. The zero-order valence-corrected chi connectivity index (χ0v) is 21.8. The summed E-state index contributed by atoms with van der Waals surface area (Å²) in [4.78, 5) is 20.5. The Morgan fingerprint density at radius 2 is 1.63 bits per heavy atom. The number of piperazine rings is 1. The molecule has 0 radical (unpaired) electrons. The van der Waals surface area contributed by atoms with Crippen LogP contribution in [0.4, 0.5) is 10.6 Å². The monoisotopic (exact) mass is 509 g/mol. The van der Waals surface area contributed by atoms with Crippen LogP contribution in [-0.4, -0.2) is 98.1 Å². The summed E-state index contributed by atoms with van der Waals surface area (Å²) in [6, 6.07) is 3.86. The van der Waals surface area contributed by atoms with Crippen molar-refractivity contribution < 1.29 is 22.7 Å². The fourth-order valence-corrected chi connectivity index (χ4v) is 6.50. The molecule has 0 aliphatic carbocycles. The molecule has 0 atom stereocenters. The molecule has 0 spiro atoms. The molecular formula is C24H39N5O5S. The van der Waals surface area contributed by atoms with E-state index in [9.17, 15) is 13.2 Å². The van der Waals surface area contributed by atoms with E-state index in [2.05, 4.69) is 9.88 Å². The Kier molecular flexibility index (Phi) is 8.72. The van der Waals surface area contributed by atoms with E-state index in [1.165, 1.54) is 0 Å². The SMILES string of the molecule is CC(C)OC(=O)N1CCC(COc2ccc(N3CCN(S(=O)(=O)N4CCCCC4)CC3)nc2)CC1. The number of rotatable bonds is 7. The van der Waals surface area contributed by atoms with Crippen molar-refractivity contribution in [2.24, 2.45) is 5.92 Å². The van der Waals surface area contributed by atoms with Crippen molar-refractivity contribution in [3.63, 3.8) is 0 Å². The largest absolute Gasteiger partial charge is 0.492 e. The Morgan fingerprint density at radius 1 is 0.971 bits per heavy atom. The van der Waals surface area contributed by atoms with Gasteiger partial charge in [0.25, 0.3) is 10.2 Å². The molecule has 0 bridgehead atoms. The van der Waals surface area contributed by atoms with E-state index in [0.29, 0.717) is 64.9 Å². The second kappa shape index (κ2) is 11.7. The number of aromatic nitrogens is 1. The van der Waals surface area contributed by atoms with Gasteiger partial charge in [0.15, 0.2) is 0 Å². The Morgan fingerprint density at radius 3 is 2.23 bits per heavy atom. The van der Waals surface area contributed by atoms with Gasteiger partial charge < -0.3 is 19.3 Å². The highest BCUT2D eigenvalue weighted by molar-refractivity contribution is 7.86. The maximum absolute atomic E-state index is 12.9. The molecule has 0 N–H and O–H groups in total. The Hall–Kier alpha value is -2.11. The van der Waals surface area contributed by atoms with Crippen molar-refractivity contribution in [1.82, 2.24) is 18.5 Å². The van der Waals surface area contributed by atoms with E-state index < -0.39 is 10.2 Å². The third kappa shape index (κ3) is 6.77. The van der Waals surface area contributed by atoms with Crippen LogP contribution in [0.3, 0.4) is 0 Å². The van der Waals surface area contributed by atoms with E-state index in [0.717, 1.165) is 43.7 Å². The van der Waals surface area contributed by atoms with Gasteiger partial charge in [-0.25, -0.2) is 9.78 Å². The summed E-state index contributed by atoms with van der Waals surface area (Å²) in [5.41, 5.74) is 0. The van der Waals surface area contributed by atoms with Gasteiger partial charge in [0.2, 0.25) is 0 Å². The minimum atomic E-state index is -3.36. The second-order valence-electron chi connectivity index (χ2n) is 9.88. The zero-order valence-electron chi connectivity index (χ0n) is 21.0. The highest BCUT2D eigenvalue weighted by Gasteiger charge is 2.33. The van der Waals surface area contributed by atoms with Crippen LogP contribution >= 0.6 is 0 Å². The molecule has 1 aromatic heterocycles. The summed E-state index contributed by atoms with van der Waals surface area (Å²) in [6.45, 7) is 9.16. The minimum absolute atomic E-state index is 0.101. The molecule has 3 fully saturated rings. The fraction of sp³-hybridized carbons (Fsp3) is 0.750. The lowest BCUT2D eigenvalue weighted by atomic mass is 9.98. The lowest BCUT2D eigenvalue weighted by Crippen LogP contribution is -2.54. The van der Waals surface area contributed by atoms with Gasteiger partial charge in [0, 0.05) is 52.4 Å². The zero-order chi connectivity index (χ0) is 24.8. The van der Waals surface area contributed by atoms with Crippen molar-refractivity contribution in [3.05, 3.63) is 18.3 Å². The highest BCUT2D eigenvalue weighted by atomic mass is 32.2. The molecule has 0 saturated carbocycles. The van der Waals surface area contributed by atoms with Gasteiger partial charge in [0.05, 0.1) is 18.9 Å². The molecule has 3 aliphatic heterocycles. The average molecular weight is 510 g/mol. The van der Waals surface area contributed by atoms with Crippen LogP contribution in [0.5, 0.6) is 5.75 Å². The second-order valence-corrected chi connectivity index (χ2v) is 11.8. The normalized spacial score (nSPS) is 21.3. The van der Waals surface area contributed by atoms with E-state index in [1.54, 1.807) is 19.7 Å². The maximum Gasteiger partial charge on any atom is 0.410 e. The summed E-state index contributed by atoms with van der Waals surface area (Å²) in [7, 11) is -3.36. The number of amides is 1. The van der Waals surface area contributed by atoms with E-state index in [-0.39, 0.29) is 12.2 Å². The number of likely N-dealkylation sites (tertiary alicyclic amines) is 1. The van der Waals surface area contributed by atoms with E-state index in [1.807, 2.05) is 26.0 Å². The molecular weight excluding hydrogens is 470 g/mol. The molecule has 3 saturated heterocycles. The number of pyridine rings is 1. The molecule has 1 amide bonds. The molecule has 35 heavy (non-hydrogen) atoms. The van der Waals surface area contributed by atoms with Gasteiger partial charge >= 0.3 is 6.09 Å². The quantitative estimate of drug-likeness (QED) is 0.557. The molecule has 10 nitrogen and oxygen atoms in total. The number of hydrogen-bond donors (Lipinski definition) is 0. The number of anilines is 1. The van der Waals surface area contributed by atoms with Gasteiger partial charge in [-0.05, 0) is 57.6 Å². The Bertz CT molecular complexity index is 920. The molecule has 4 heterocycles.